The molecular weight excluding hydrogens is 271 g/mol. The van der Waals surface area contributed by atoms with Crippen LogP contribution in [0.15, 0.2) is 28.8 Å². The van der Waals surface area contributed by atoms with E-state index in [0.717, 1.165) is 0 Å². The predicted octanol–water partition coefficient (Wildman–Crippen LogP) is 3.84. The Hall–Kier alpha value is -1.88. The Bertz CT molecular complexity index is 610. The summed E-state index contributed by atoms with van der Waals surface area (Å²) in [5.74, 6) is -0.0870. The van der Waals surface area contributed by atoms with Crippen molar-refractivity contribution in [2.75, 3.05) is 5.32 Å². The Morgan fingerprint density at radius 2 is 2.21 bits per heavy atom. The number of anilines is 1. The van der Waals surface area contributed by atoms with E-state index in [2.05, 4.69) is 10.5 Å². The van der Waals surface area contributed by atoms with Gasteiger partial charge in [0.25, 0.3) is 5.91 Å². The molecule has 6 heteroatoms. The van der Waals surface area contributed by atoms with Crippen LogP contribution in [0.4, 0.5) is 10.2 Å². The number of carbonyl (C=O) groups excluding carboxylic acids is 1. The van der Waals surface area contributed by atoms with Gasteiger partial charge in [-0.25, -0.2) is 4.39 Å². The van der Waals surface area contributed by atoms with Gasteiger partial charge in [-0.05, 0) is 12.1 Å². The molecule has 0 spiro atoms. The minimum atomic E-state index is -0.641. The summed E-state index contributed by atoms with van der Waals surface area (Å²) in [6.07, 6.45) is 0. The fraction of sp³-hybridized carbons (Fsp3) is 0.231. The van der Waals surface area contributed by atoms with Crippen molar-refractivity contribution in [1.29, 1.82) is 0 Å². The summed E-state index contributed by atoms with van der Waals surface area (Å²) in [5.41, 5.74) is 0.0516. The summed E-state index contributed by atoms with van der Waals surface area (Å²) in [6, 6.07) is 5.66. The molecule has 0 atom stereocenters. The minimum absolute atomic E-state index is 0.0516. The van der Waals surface area contributed by atoms with Gasteiger partial charge in [-0.2, -0.15) is 0 Å². The van der Waals surface area contributed by atoms with Gasteiger partial charge in [-0.15, -0.1) is 0 Å². The summed E-state index contributed by atoms with van der Waals surface area (Å²) in [5, 5.41) is 6.00. The lowest BCUT2D eigenvalue weighted by Crippen LogP contribution is -2.13. The van der Waals surface area contributed by atoms with Gasteiger partial charge in [0.15, 0.2) is 5.82 Å². The van der Waals surface area contributed by atoms with Crippen molar-refractivity contribution in [3.63, 3.8) is 0 Å². The second-order valence-corrected chi connectivity index (χ2v) is 4.70. The topological polar surface area (TPSA) is 55.1 Å². The lowest BCUT2D eigenvalue weighted by atomic mass is 10.1. The van der Waals surface area contributed by atoms with E-state index in [-0.39, 0.29) is 22.3 Å². The molecule has 2 aromatic rings. The van der Waals surface area contributed by atoms with Crippen LogP contribution in [-0.4, -0.2) is 11.1 Å². The van der Waals surface area contributed by atoms with Crippen LogP contribution in [0, 0.1) is 5.82 Å². The zero-order valence-electron chi connectivity index (χ0n) is 10.4. The molecule has 0 bridgehead atoms. The molecule has 0 fully saturated rings. The highest BCUT2D eigenvalue weighted by Crippen LogP contribution is 2.22. The first-order chi connectivity index (χ1) is 8.99. The molecule has 1 heterocycles. The quantitative estimate of drug-likeness (QED) is 0.930. The Labute approximate surface area is 114 Å². The number of rotatable bonds is 3. The van der Waals surface area contributed by atoms with Crippen molar-refractivity contribution in [3.8, 4) is 0 Å². The molecule has 0 saturated heterocycles. The molecule has 1 N–H and O–H groups in total. The fourth-order valence-corrected chi connectivity index (χ4v) is 1.69. The molecule has 19 heavy (non-hydrogen) atoms. The maximum Gasteiger partial charge on any atom is 0.258 e. The third-order valence-electron chi connectivity index (χ3n) is 2.54. The highest BCUT2D eigenvalue weighted by Gasteiger charge is 2.16. The SMILES string of the molecule is CC(C)c1cc(NC(=O)c2cccc(F)c2Cl)no1. The van der Waals surface area contributed by atoms with Crippen LogP contribution in [0.5, 0.6) is 0 Å². The zero-order chi connectivity index (χ0) is 14.0. The van der Waals surface area contributed by atoms with E-state index in [9.17, 15) is 9.18 Å². The first-order valence-corrected chi connectivity index (χ1v) is 6.09. The molecule has 0 aliphatic rings. The average molecular weight is 283 g/mol. The molecule has 1 aromatic heterocycles. The fourth-order valence-electron chi connectivity index (χ4n) is 1.48. The van der Waals surface area contributed by atoms with Gasteiger partial charge in [-0.3, -0.25) is 4.79 Å². The van der Waals surface area contributed by atoms with Gasteiger partial charge < -0.3 is 9.84 Å². The Morgan fingerprint density at radius 3 is 2.84 bits per heavy atom. The van der Waals surface area contributed by atoms with Gasteiger partial charge in [0, 0.05) is 12.0 Å². The number of halogens is 2. The smallest absolute Gasteiger partial charge is 0.258 e. The third kappa shape index (κ3) is 2.93. The van der Waals surface area contributed by atoms with Crippen LogP contribution in [-0.2, 0) is 0 Å². The normalized spacial score (nSPS) is 10.8. The summed E-state index contributed by atoms with van der Waals surface area (Å²) in [7, 11) is 0. The van der Waals surface area contributed by atoms with Crippen LogP contribution in [0.1, 0.15) is 35.9 Å². The van der Waals surface area contributed by atoms with E-state index >= 15 is 0 Å². The predicted molar refractivity (Wildman–Crippen MR) is 70.0 cm³/mol. The standard InChI is InChI=1S/C13H12ClFN2O2/c1-7(2)10-6-11(17-19-10)16-13(18)8-4-3-5-9(15)12(8)14/h3-7H,1-2H3,(H,16,17,18). The van der Waals surface area contributed by atoms with Crippen LogP contribution in [0.3, 0.4) is 0 Å². The van der Waals surface area contributed by atoms with Crippen molar-refractivity contribution in [1.82, 2.24) is 5.16 Å². The molecule has 0 saturated carbocycles. The summed E-state index contributed by atoms with van der Waals surface area (Å²) in [4.78, 5) is 11.9. The van der Waals surface area contributed by atoms with E-state index in [4.69, 9.17) is 16.1 Å². The number of amides is 1. The Kier molecular flexibility index (Phi) is 3.85. The van der Waals surface area contributed by atoms with Gasteiger partial charge >= 0.3 is 0 Å². The van der Waals surface area contributed by atoms with E-state index in [1.54, 1.807) is 6.07 Å². The molecule has 100 valence electrons. The molecule has 0 unspecified atom stereocenters. The zero-order valence-corrected chi connectivity index (χ0v) is 11.2. The lowest BCUT2D eigenvalue weighted by Gasteiger charge is -2.04. The van der Waals surface area contributed by atoms with E-state index in [1.807, 2.05) is 13.8 Å². The van der Waals surface area contributed by atoms with Crippen LogP contribution in [0.25, 0.3) is 0 Å². The van der Waals surface area contributed by atoms with Gasteiger partial charge in [0.1, 0.15) is 11.6 Å². The van der Waals surface area contributed by atoms with Crippen LogP contribution >= 0.6 is 11.6 Å². The number of aromatic nitrogens is 1. The first-order valence-electron chi connectivity index (χ1n) is 5.71. The third-order valence-corrected chi connectivity index (χ3v) is 2.92. The number of nitrogens with one attached hydrogen (secondary N) is 1. The second-order valence-electron chi connectivity index (χ2n) is 4.32. The highest BCUT2D eigenvalue weighted by molar-refractivity contribution is 6.34. The maximum absolute atomic E-state index is 13.2. The minimum Gasteiger partial charge on any atom is -0.359 e. The number of carbonyl (C=O) groups is 1. The van der Waals surface area contributed by atoms with E-state index in [1.165, 1.54) is 18.2 Å². The summed E-state index contributed by atoms with van der Waals surface area (Å²) >= 11 is 5.73. The van der Waals surface area contributed by atoms with Crippen molar-refractivity contribution < 1.29 is 13.7 Å². The summed E-state index contributed by atoms with van der Waals surface area (Å²) in [6.45, 7) is 3.88. The second kappa shape index (κ2) is 5.40. The molecule has 1 amide bonds. The van der Waals surface area contributed by atoms with E-state index < -0.39 is 11.7 Å². The van der Waals surface area contributed by atoms with Crippen molar-refractivity contribution in [2.45, 2.75) is 19.8 Å². The number of nitrogens with zero attached hydrogens (tertiary/aromatic N) is 1. The van der Waals surface area contributed by atoms with Gasteiger partial charge in [0.2, 0.25) is 0 Å². The van der Waals surface area contributed by atoms with E-state index in [0.29, 0.717) is 5.76 Å². The van der Waals surface area contributed by atoms with Crippen LogP contribution in [0.2, 0.25) is 5.02 Å². The number of benzene rings is 1. The van der Waals surface area contributed by atoms with Crippen LogP contribution < -0.4 is 5.32 Å². The lowest BCUT2D eigenvalue weighted by molar-refractivity contribution is 0.102. The highest BCUT2D eigenvalue weighted by atomic mass is 35.5. The van der Waals surface area contributed by atoms with Gasteiger partial charge in [-0.1, -0.05) is 36.7 Å². The molecule has 1 aromatic carbocycles. The largest absolute Gasteiger partial charge is 0.359 e. The summed E-state index contributed by atoms with van der Waals surface area (Å²) < 4.78 is 18.3. The molecule has 0 aliphatic heterocycles. The molecule has 4 nitrogen and oxygen atoms in total. The average Bonchev–Trinajstić information content (AvgIpc) is 2.81. The Morgan fingerprint density at radius 1 is 1.47 bits per heavy atom. The molecule has 2 rings (SSSR count). The number of hydrogen-bond donors (Lipinski definition) is 1. The Balaban J connectivity index is 2.18. The molecule has 0 radical (unpaired) electrons. The maximum atomic E-state index is 13.2. The monoisotopic (exact) mass is 282 g/mol. The number of hydrogen-bond acceptors (Lipinski definition) is 3. The van der Waals surface area contributed by atoms with Crippen molar-refractivity contribution in [3.05, 3.63) is 46.4 Å². The molecular formula is C13H12ClFN2O2. The first kappa shape index (κ1) is 13.5. The molecule has 0 aliphatic carbocycles. The van der Waals surface area contributed by atoms with Crippen molar-refractivity contribution in [2.24, 2.45) is 0 Å². The van der Waals surface area contributed by atoms with Crippen molar-refractivity contribution >= 4 is 23.3 Å². The van der Waals surface area contributed by atoms with Gasteiger partial charge in [0.05, 0.1) is 10.6 Å².